The van der Waals surface area contributed by atoms with Crippen LogP contribution in [0.25, 0.3) is 0 Å². The Hall–Kier alpha value is -0.130. The van der Waals surface area contributed by atoms with E-state index in [2.05, 4.69) is 4.90 Å². The van der Waals surface area contributed by atoms with Crippen molar-refractivity contribution in [1.29, 1.82) is 0 Å². The van der Waals surface area contributed by atoms with E-state index in [1.807, 2.05) is 0 Å². The van der Waals surface area contributed by atoms with Gasteiger partial charge in [-0.25, -0.2) is 8.42 Å². The van der Waals surface area contributed by atoms with Crippen LogP contribution in [0.1, 0.15) is 33.6 Å². The van der Waals surface area contributed by atoms with E-state index in [1.54, 1.807) is 20.8 Å². The van der Waals surface area contributed by atoms with Gasteiger partial charge in [0.15, 0.2) is 9.84 Å². The van der Waals surface area contributed by atoms with Crippen molar-refractivity contribution in [2.45, 2.75) is 38.4 Å². The third-order valence-corrected chi connectivity index (χ3v) is 6.13. The van der Waals surface area contributed by atoms with Crippen molar-refractivity contribution in [2.24, 2.45) is 11.7 Å². The molecule has 1 atom stereocenters. The van der Waals surface area contributed by atoms with Gasteiger partial charge in [0.1, 0.15) is 0 Å². The lowest BCUT2D eigenvalue weighted by Crippen LogP contribution is -2.42. The van der Waals surface area contributed by atoms with E-state index < -0.39 is 14.6 Å². The number of rotatable bonds is 4. The van der Waals surface area contributed by atoms with Gasteiger partial charge >= 0.3 is 0 Å². The van der Waals surface area contributed by atoms with E-state index in [0.29, 0.717) is 19.0 Å². The highest BCUT2D eigenvalue weighted by Gasteiger charge is 2.29. The lowest BCUT2D eigenvalue weighted by molar-refractivity contribution is 0.187. The molecule has 1 fully saturated rings. The lowest BCUT2D eigenvalue weighted by atomic mass is 9.98. The van der Waals surface area contributed by atoms with Gasteiger partial charge in [0.2, 0.25) is 0 Å². The summed E-state index contributed by atoms with van der Waals surface area (Å²) in [6.45, 7) is 8.62. The van der Waals surface area contributed by atoms with Gasteiger partial charge in [-0.15, -0.1) is 0 Å². The van der Waals surface area contributed by atoms with Gasteiger partial charge in [-0.1, -0.05) is 0 Å². The first kappa shape index (κ1) is 14.9. The van der Waals surface area contributed by atoms with Crippen molar-refractivity contribution in [3.63, 3.8) is 0 Å². The molecule has 5 heteroatoms. The predicted octanol–water partition coefficient (Wildman–Crippen LogP) is 0.870. The summed E-state index contributed by atoms with van der Waals surface area (Å²) < 4.78 is 23.3. The summed E-state index contributed by atoms with van der Waals surface area (Å²) >= 11 is 0. The highest BCUT2D eigenvalue weighted by atomic mass is 32.2. The van der Waals surface area contributed by atoms with Gasteiger partial charge in [-0.3, -0.25) is 0 Å². The summed E-state index contributed by atoms with van der Waals surface area (Å²) in [7, 11) is -2.99. The maximum Gasteiger partial charge on any atom is 0.156 e. The Morgan fingerprint density at radius 3 is 2.53 bits per heavy atom. The van der Waals surface area contributed by atoms with Crippen molar-refractivity contribution in [3.05, 3.63) is 0 Å². The smallest absolute Gasteiger partial charge is 0.156 e. The third-order valence-electron chi connectivity index (χ3n) is 3.55. The topological polar surface area (TPSA) is 63.4 Å². The molecule has 17 heavy (non-hydrogen) atoms. The Morgan fingerprint density at radius 1 is 1.35 bits per heavy atom. The summed E-state index contributed by atoms with van der Waals surface area (Å²) in [6.07, 6.45) is 2.32. The molecule has 1 rings (SSSR count). The molecule has 0 aliphatic carbocycles. The molecule has 1 unspecified atom stereocenters. The van der Waals surface area contributed by atoms with Crippen molar-refractivity contribution < 1.29 is 8.42 Å². The molecular formula is C12H26N2O2S. The molecule has 2 N–H and O–H groups in total. The number of nitrogens with zero attached hydrogens (tertiary/aromatic N) is 1. The summed E-state index contributed by atoms with van der Waals surface area (Å²) in [5, 5.41) is 0. The average Bonchev–Trinajstić information content (AvgIpc) is 2.25. The van der Waals surface area contributed by atoms with Gasteiger partial charge in [0.05, 0.1) is 10.5 Å². The SMILES string of the molecule is CC(C)(C)S(=O)(=O)CCN1CCCC(CN)C1. The van der Waals surface area contributed by atoms with Gasteiger partial charge in [0, 0.05) is 13.1 Å². The van der Waals surface area contributed by atoms with Crippen LogP contribution >= 0.6 is 0 Å². The molecule has 0 aromatic heterocycles. The lowest BCUT2D eigenvalue weighted by Gasteiger charge is -2.32. The maximum absolute atomic E-state index is 12.0. The highest BCUT2D eigenvalue weighted by Crippen LogP contribution is 2.18. The zero-order valence-electron chi connectivity index (χ0n) is 11.3. The maximum atomic E-state index is 12.0. The fourth-order valence-electron chi connectivity index (χ4n) is 2.10. The first-order valence-corrected chi connectivity index (χ1v) is 8.06. The van der Waals surface area contributed by atoms with Gasteiger partial charge in [0.25, 0.3) is 0 Å². The molecular weight excluding hydrogens is 236 g/mol. The molecule has 0 spiro atoms. The summed E-state index contributed by atoms with van der Waals surface area (Å²) in [4.78, 5) is 2.24. The number of likely N-dealkylation sites (tertiary alicyclic amines) is 1. The second-order valence-electron chi connectivity index (χ2n) is 5.98. The van der Waals surface area contributed by atoms with Gasteiger partial charge in [-0.05, 0) is 52.6 Å². The Labute approximate surface area is 105 Å². The van der Waals surface area contributed by atoms with E-state index in [9.17, 15) is 8.42 Å². The molecule has 0 saturated carbocycles. The van der Waals surface area contributed by atoms with Crippen LogP contribution in [0.5, 0.6) is 0 Å². The molecule has 4 nitrogen and oxygen atoms in total. The van der Waals surface area contributed by atoms with E-state index in [-0.39, 0.29) is 5.75 Å². The molecule has 102 valence electrons. The molecule has 1 saturated heterocycles. The Kier molecular flexibility index (Phi) is 4.98. The fourth-order valence-corrected chi connectivity index (χ4v) is 3.21. The first-order chi connectivity index (χ1) is 7.76. The highest BCUT2D eigenvalue weighted by molar-refractivity contribution is 7.92. The molecule has 0 amide bonds. The van der Waals surface area contributed by atoms with E-state index in [4.69, 9.17) is 5.73 Å². The number of piperidine rings is 1. The zero-order valence-corrected chi connectivity index (χ0v) is 12.1. The fraction of sp³-hybridized carbons (Fsp3) is 1.00. The van der Waals surface area contributed by atoms with Crippen LogP contribution in [0, 0.1) is 5.92 Å². The molecule has 0 bridgehead atoms. The Balaban J connectivity index is 2.46. The Bertz CT molecular complexity index is 333. The summed E-state index contributed by atoms with van der Waals surface area (Å²) in [6, 6.07) is 0. The molecule has 0 radical (unpaired) electrons. The summed E-state index contributed by atoms with van der Waals surface area (Å²) in [5.74, 6) is 0.800. The van der Waals surface area contributed by atoms with Crippen molar-refractivity contribution in [3.8, 4) is 0 Å². The van der Waals surface area contributed by atoms with Crippen LogP contribution in [0.15, 0.2) is 0 Å². The van der Waals surface area contributed by atoms with E-state index in [0.717, 1.165) is 19.5 Å². The number of sulfone groups is 1. The largest absolute Gasteiger partial charge is 0.330 e. The molecule has 0 aromatic carbocycles. The molecule has 1 heterocycles. The van der Waals surface area contributed by atoms with E-state index >= 15 is 0 Å². The van der Waals surface area contributed by atoms with Crippen molar-refractivity contribution in [1.82, 2.24) is 4.90 Å². The monoisotopic (exact) mass is 262 g/mol. The van der Waals surface area contributed by atoms with Crippen LogP contribution < -0.4 is 5.73 Å². The number of hydrogen-bond acceptors (Lipinski definition) is 4. The number of nitrogens with two attached hydrogens (primary N) is 1. The molecule has 1 aliphatic rings. The third kappa shape index (κ3) is 4.23. The quantitative estimate of drug-likeness (QED) is 0.816. The predicted molar refractivity (Wildman–Crippen MR) is 71.8 cm³/mol. The minimum atomic E-state index is -2.99. The summed E-state index contributed by atoms with van der Waals surface area (Å²) in [5.41, 5.74) is 5.67. The van der Waals surface area contributed by atoms with Crippen molar-refractivity contribution in [2.75, 3.05) is 31.9 Å². The second kappa shape index (κ2) is 5.67. The average molecular weight is 262 g/mol. The van der Waals surface area contributed by atoms with Crippen LogP contribution in [0.3, 0.4) is 0 Å². The molecule has 1 aliphatic heterocycles. The Morgan fingerprint density at radius 2 is 2.00 bits per heavy atom. The van der Waals surface area contributed by atoms with Crippen LogP contribution in [-0.2, 0) is 9.84 Å². The normalized spacial score (nSPS) is 23.9. The van der Waals surface area contributed by atoms with E-state index in [1.165, 1.54) is 6.42 Å². The van der Waals surface area contributed by atoms with Crippen LogP contribution in [0.4, 0.5) is 0 Å². The standard InChI is InChI=1S/C12H26N2O2S/c1-12(2,3)17(15,16)8-7-14-6-4-5-11(9-13)10-14/h11H,4-10,13H2,1-3H3. The van der Waals surface area contributed by atoms with Crippen LogP contribution in [0.2, 0.25) is 0 Å². The van der Waals surface area contributed by atoms with Gasteiger partial charge < -0.3 is 10.6 Å². The first-order valence-electron chi connectivity index (χ1n) is 6.41. The second-order valence-corrected chi connectivity index (χ2v) is 8.84. The van der Waals surface area contributed by atoms with Crippen LogP contribution in [-0.4, -0.2) is 50.0 Å². The van der Waals surface area contributed by atoms with Gasteiger partial charge in [-0.2, -0.15) is 0 Å². The van der Waals surface area contributed by atoms with Crippen molar-refractivity contribution >= 4 is 9.84 Å². The number of hydrogen-bond donors (Lipinski definition) is 1. The minimum Gasteiger partial charge on any atom is -0.330 e. The molecule has 0 aromatic rings. The minimum absolute atomic E-state index is 0.258. The zero-order chi connectivity index (χ0) is 13.1.